The summed E-state index contributed by atoms with van der Waals surface area (Å²) in [4.78, 5) is 0. The molecule has 0 bridgehead atoms. The van der Waals surface area contributed by atoms with Gasteiger partial charge in [-0.1, -0.05) is 12.5 Å². The van der Waals surface area contributed by atoms with Crippen molar-refractivity contribution in [1.29, 1.82) is 0 Å². The molecule has 5 nitrogen and oxygen atoms in total. The Hall–Kier alpha value is -1.85. The van der Waals surface area contributed by atoms with Crippen LogP contribution in [0, 0.1) is 11.1 Å². The predicted octanol–water partition coefficient (Wildman–Crippen LogP) is 1.63. The molecule has 1 fully saturated rings. The molecule has 0 radical (unpaired) electrons. The monoisotopic (exact) mass is 258 g/mol. The van der Waals surface area contributed by atoms with Crippen molar-refractivity contribution >= 4 is 11.4 Å². The van der Waals surface area contributed by atoms with Crippen LogP contribution in [0.3, 0.4) is 0 Å². The van der Waals surface area contributed by atoms with Crippen LogP contribution in [0.25, 0.3) is 11.1 Å². The molecular formula is C14H18N4O. The smallest absolute Gasteiger partial charge is 0.153 e. The number of anilines is 1. The molecule has 0 amide bonds. The molecule has 1 aromatic carbocycles. The lowest BCUT2D eigenvalue weighted by atomic mass is 9.85. The first-order valence-corrected chi connectivity index (χ1v) is 6.64. The zero-order chi connectivity index (χ0) is 13.2. The van der Waals surface area contributed by atoms with Gasteiger partial charge >= 0.3 is 0 Å². The average molecular weight is 258 g/mol. The topological polar surface area (TPSA) is 83.5 Å². The molecule has 0 saturated heterocycles. The fourth-order valence-corrected chi connectivity index (χ4v) is 2.41. The number of hydrogen-bond donors (Lipinski definition) is 2. The van der Waals surface area contributed by atoms with Crippen LogP contribution in [0.1, 0.15) is 19.3 Å². The molecule has 0 spiro atoms. The van der Waals surface area contributed by atoms with Gasteiger partial charge in [-0.3, -0.25) is 4.68 Å². The molecule has 1 saturated carbocycles. The number of nitrogens with zero attached hydrogens (tertiary/aromatic N) is 2. The average Bonchev–Trinajstić information content (AvgIpc) is 2.83. The number of quaternary nitrogens is 1. The highest BCUT2D eigenvalue weighted by Gasteiger charge is 2.18. The summed E-state index contributed by atoms with van der Waals surface area (Å²) in [6, 6.07) is 5.50. The first-order valence-electron chi connectivity index (χ1n) is 6.64. The third kappa shape index (κ3) is 2.47. The third-order valence-electron chi connectivity index (χ3n) is 3.85. The van der Waals surface area contributed by atoms with Gasteiger partial charge in [0.25, 0.3) is 0 Å². The molecular weight excluding hydrogens is 240 g/mol. The largest absolute Gasteiger partial charge is 0.630 e. The maximum absolute atomic E-state index is 10.9. The molecule has 1 aliphatic rings. The summed E-state index contributed by atoms with van der Waals surface area (Å²) in [6.07, 6.45) is 7.86. The van der Waals surface area contributed by atoms with E-state index in [0.29, 0.717) is 11.4 Å². The van der Waals surface area contributed by atoms with Crippen LogP contribution in [-0.2, 0) is 6.54 Å². The van der Waals surface area contributed by atoms with E-state index < -0.39 is 0 Å². The van der Waals surface area contributed by atoms with Gasteiger partial charge in [0.2, 0.25) is 0 Å². The third-order valence-corrected chi connectivity index (χ3v) is 3.85. The van der Waals surface area contributed by atoms with Crippen LogP contribution in [0.4, 0.5) is 11.4 Å². The van der Waals surface area contributed by atoms with E-state index in [2.05, 4.69) is 5.10 Å². The van der Waals surface area contributed by atoms with E-state index >= 15 is 0 Å². The van der Waals surface area contributed by atoms with Crippen LogP contribution in [0.5, 0.6) is 0 Å². The molecule has 5 heteroatoms. The van der Waals surface area contributed by atoms with E-state index in [4.69, 9.17) is 5.73 Å². The van der Waals surface area contributed by atoms with Gasteiger partial charge in [-0.2, -0.15) is 5.10 Å². The Morgan fingerprint density at radius 3 is 2.89 bits per heavy atom. The predicted molar refractivity (Wildman–Crippen MR) is 74.4 cm³/mol. The van der Waals surface area contributed by atoms with Gasteiger partial charge in [0, 0.05) is 24.4 Å². The van der Waals surface area contributed by atoms with Gasteiger partial charge in [-0.05, 0) is 30.4 Å². The molecule has 19 heavy (non-hydrogen) atoms. The SMILES string of the molecule is Nc1ccc(-c2cnn(CC3CCC3)c2)cc1[NH2+][O-]. The van der Waals surface area contributed by atoms with Gasteiger partial charge in [0.05, 0.1) is 11.9 Å². The van der Waals surface area contributed by atoms with E-state index in [9.17, 15) is 5.21 Å². The number of nitrogens with two attached hydrogens (primary N) is 2. The summed E-state index contributed by atoms with van der Waals surface area (Å²) in [7, 11) is 0. The van der Waals surface area contributed by atoms with Gasteiger partial charge in [0.1, 0.15) is 0 Å². The van der Waals surface area contributed by atoms with Crippen LogP contribution in [0.2, 0.25) is 0 Å². The van der Waals surface area contributed by atoms with Crippen molar-refractivity contribution in [1.82, 2.24) is 9.78 Å². The van der Waals surface area contributed by atoms with Crippen LogP contribution >= 0.6 is 0 Å². The molecule has 3 rings (SSSR count). The van der Waals surface area contributed by atoms with Gasteiger partial charge in [-0.25, -0.2) is 0 Å². The lowest BCUT2D eigenvalue weighted by Gasteiger charge is -2.24. The van der Waals surface area contributed by atoms with E-state index in [1.807, 2.05) is 29.2 Å². The molecule has 1 aromatic heterocycles. The second-order valence-electron chi connectivity index (χ2n) is 5.21. The maximum Gasteiger partial charge on any atom is 0.153 e. The highest BCUT2D eigenvalue weighted by molar-refractivity contribution is 5.71. The van der Waals surface area contributed by atoms with Gasteiger partial charge in [-0.15, -0.1) is 0 Å². The molecule has 0 unspecified atom stereocenters. The van der Waals surface area contributed by atoms with Crippen molar-refractivity contribution in [2.45, 2.75) is 25.8 Å². The minimum atomic E-state index is 0.514. The fourth-order valence-electron chi connectivity index (χ4n) is 2.41. The number of rotatable bonds is 4. The minimum Gasteiger partial charge on any atom is -0.630 e. The zero-order valence-electron chi connectivity index (χ0n) is 10.7. The first-order chi connectivity index (χ1) is 9.26. The lowest BCUT2D eigenvalue weighted by Crippen LogP contribution is -2.70. The Kier molecular flexibility index (Phi) is 3.23. The van der Waals surface area contributed by atoms with E-state index in [1.165, 1.54) is 19.3 Å². The number of nitrogen functional groups attached to an aromatic ring is 1. The standard InChI is InChI=1S/C14H18N4O/c15-13-5-4-11(6-14(13)17-19)12-7-16-18(9-12)8-10-2-1-3-10/h4-7,9-10H,1-3,8,15,17H2. The minimum absolute atomic E-state index is 0.514. The van der Waals surface area contributed by atoms with Crippen molar-refractivity contribution in [2.75, 3.05) is 5.73 Å². The summed E-state index contributed by atoms with van der Waals surface area (Å²) in [5.41, 5.74) is 9.57. The first kappa shape index (κ1) is 12.2. The second-order valence-corrected chi connectivity index (χ2v) is 5.21. The van der Waals surface area contributed by atoms with Crippen LogP contribution < -0.4 is 11.2 Å². The normalized spacial score (nSPS) is 15.4. The number of hydrogen-bond acceptors (Lipinski definition) is 3. The quantitative estimate of drug-likeness (QED) is 0.645. The number of benzene rings is 1. The Morgan fingerprint density at radius 1 is 1.37 bits per heavy atom. The van der Waals surface area contributed by atoms with Crippen LogP contribution in [0.15, 0.2) is 30.6 Å². The fraction of sp³-hybridized carbons (Fsp3) is 0.357. The molecule has 1 heterocycles. The molecule has 4 N–H and O–H groups in total. The molecule has 0 atom stereocenters. The van der Waals surface area contributed by atoms with E-state index in [1.54, 1.807) is 6.07 Å². The molecule has 2 aromatic rings. The molecule has 1 aliphatic carbocycles. The summed E-state index contributed by atoms with van der Waals surface area (Å²) >= 11 is 0. The van der Waals surface area contributed by atoms with Gasteiger partial charge in [0.15, 0.2) is 5.69 Å². The molecule has 100 valence electrons. The summed E-state index contributed by atoms with van der Waals surface area (Å²) in [5.74, 6) is 0.782. The summed E-state index contributed by atoms with van der Waals surface area (Å²) in [5, 5.41) is 15.3. The lowest BCUT2D eigenvalue weighted by molar-refractivity contribution is -0.496. The van der Waals surface area contributed by atoms with Crippen molar-refractivity contribution in [3.63, 3.8) is 0 Å². The highest BCUT2D eigenvalue weighted by Crippen LogP contribution is 2.29. The maximum atomic E-state index is 10.9. The Bertz CT molecular complexity index is 575. The summed E-state index contributed by atoms with van der Waals surface area (Å²) < 4.78 is 2.00. The zero-order valence-corrected chi connectivity index (χ0v) is 10.7. The molecule has 0 aliphatic heterocycles. The van der Waals surface area contributed by atoms with Crippen molar-refractivity contribution < 1.29 is 5.48 Å². The van der Waals surface area contributed by atoms with E-state index in [-0.39, 0.29) is 0 Å². The highest BCUT2D eigenvalue weighted by atomic mass is 16.5. The van der Waals surface area contributed by atoms with Crippen molar-refractivity contribution in [2.24, 2.45) is 5.92 Å². The van der Waals surface area contributed by atoms with Crippen molar-refractivity contribution in [3.05, 3.63) is 35.8 Å². The van der Waals surface area contributed by atoms with Crippen LogP contribution in [-0.4, -0.2) is 9.78 Å². The Balaban J connectivity index is 1.81. The Labute approximate surface area is 112 Å². The number of aromatic nitrogens is 2. The van der Waals surface area contributed by atoms with Gasteiger partial charge < -0.3 is 16.4 Å². The second kappa shape index (κ2) is 5.03. The van der Waals surface area contributed by atoms with Crippen molar-refractivity contribution in [3.8, 4) is 11.1 Å². The summed E-state index contributed by atoms with van der Waals surface area (Å²) in [6.45, 7) is 0.996. The van der Waals surface area contributed by atoms with E-state index in [0.717, 1.165) is 29.1 Å². The Morgan fingerprint density at radius 2 is 2.21 bits per heavy atom.